The molecule has 0 aliphatic rings. The molecule has 3 aromatic rings. The van der Waals surface area contributed by atoms with Gasteiger partial charge < -0.3 is 21.1 Å². The molecule has 2 aromatic heterocycles. The van der Waals surface area contributed by atoms with Gasteiger partial charge in [-0.25, -0.2) is 14.1 Å². The highest BCUT2D eigenvalue weighted by Gasteiger charge is 2.16. The molecular formula is C21H25FN6O2. The number of halogens is 1. The van der Waals surface area contributed by atoms with Crippen LogP contribution < -0.4 is 16.0 Å². The van der Waals surface area contributed by atoms with Gasteiger partial charge in [0, 0.05) is 50.6 Å². The van der Waals surface area contributed by atoms with Crippen molar-refractivity contribution in [1.82, 2.24) is 20.1 Å². The topological polar surface area (TPSA) is 104 Å². The number of nitrogens with zero attached hydrogens (tertiary/aromatic N) is 3. The third kappa shape index (κ3) is 4.57. The summed E-state index contributed by atoms with van der Waals surface area (Å²) in [5.74, 6) is 0.358. The Morgan fingerprint density at radius 1 is 1.27 bits per heavy atom. The molecule has 0 saturated carbocycles. The first-order valence-corrected chi connectivity index (χ1v) is 9.65. The molecule has 30 heavy (non-hydrogen) atoms. The monoisotopic (exact) mass is 412 g/mol. The maximum absolute atomic E-state index is 14.5. The van der Waals surface area contributed by atoms with Gasteiger partial charge in [0.2, 0.25) is 0 Å². The third-order valence-corrected chi connectivity index (χ3v) is 4.60. The Labute approximate surface area is 174 Å². The van der Waals surface area contributed by atoms with Crippen LogP contribution in [0.2, 0.25) is 0 Å². The number of rotatable bonds is 8. The molecule has 9 heteroatoms. The largest absolute Gasteiger partial charge is 0.396 e. The molecule has 3 rings (SSSR count). The summed E-state index contributed by atoms with van der Waals surface area (Å²) in [6, 6.07) is 7.95. The summed E-state index contributed by atoms with van der Waals surface area (Å²) < 4.78 is 16.3. The molecule has 2 heterocycles. The number of benzene rings is 1. The SMILES string of the molecule is CCn1nc(CCO)cc1Nc1cc(Nc2c(F)cccc2C(=O)NC)c(C)cn1. The number of aliphatic hydroxyl groups is 1. The van der Waals surface area contributed by atoms with E-state index >= 15 is 0 Å². The second-order valence-electron chi connectivity index (χ2n) is 6.69. The molecule has 158 valence electrons. The number of carbonyl (C=O) groups is 1. The molecule has 0 bridgehead atoms. The van der Waals surface area contributed by atoms with Crippen LogP contribution in [0.15, 0.2) is 36.5 Å². The van der Waals surface area contributed by atoms with Crippen molar-refractivity contribution < 1.29 is 14.3 Å². The Morgan fingerprint density at radius 3 is 2.77 bits per heavy atom. The summed E-state index contributed by atoms with van der Waals surface area (Å²) in [6.45, 7) is 4.48. The van der Waals surface area contributed by atoms with Crippen molar-refractivity contribution in [2.24, 2.45) is 0 Å². The third-order valence-electron chi connectivity index (χ3n) is 4.60. The number of aryl methyl sites for hydroxylation is 2. The van der Waals surface area contributed by atoms with Gasteiger partial charge in [0.05, 0.1) is 16.9 Å². The van der Waals surface area contributed by atoms with E-state index < -0.39 is 5.82 Å². The van der Waals surface area contributed by atoms with Gasteiger partial charge in [-0.3, -0.25) is 4.79 Å². The maximum atomic E-state index is 14.5. The second-order valence-corrected chi connectivity index (χ2v) is 6.69. The molecule has 4 N–H and O–H groups in total. The number of nitrogens with one attached hydrogen (secondary N) is 3. The lowest BCUT2D eigenvalue weighted by Crippen LogP contribution is -2.19. The van der Waals surface area contributed by atoms with Gasteiger partial charge in [-0.2, -0.15) is 5.10 Å². The van der Waals surface area contributed by atoms with Gasteiger partial charge in [-0.15, -0.1) is 0 Å². The van der Waals surface area contributed by atoms with Crippen LogP contribution in [-0.4, -0.2) is 39.4 Å². The number of para-hydroxylation sites is 1. The standard InChI is InChI=1S/C21H25FN6O2/c1-4-28-19(10-14(27-28)8-9-29)26-18-11-17(13(2)12-24-18)25-20-15(21(30)23-3)6-5-7-16(20)22/h5-7,10-12,29H,4,8-9H2,1-3H3,(H,23,30)(H2,24,25,26). The van der Waals surface area contributed by atoms with E-state index in [0.717, 1.165) is 17.1 Å². The lowest BCUT2D eigenvalue weighted by atomic mass is 10.1. The number of pyridine rings is 1. The summed E-state index contributed by atoms with van der Waals surface area (Å²) in [5.41, 5.74) is 2.48. The van der Waals surface area contributed by atoms with Crippen LogP contribution in [0, 0.1) is 12.7 Å². The molecule has 0 unspecified atom stereocenters. The lowest BCUT2D eigenvalue weighted by molar-refractivity contribution is 0.0963. The zero-order chi connectivity index (χ0) is 21.7. The van der Waals surface area contributed by atoms with Crippen LogP contribution in [0.4, 0.5) is 27.4 Å². The summed E-state index contributed by atoms with van der Waals surface area (Å²) >= 11 is 0. The van der Waals surface area contributed by atoms with Crippen LogP contribution in [0.1, 0.15) is 28.5 Å². The minimum absolute atomic E-state index is 0.0212. The molecule has 0 spiro atoms. The van der Waals surface area contributed by atoms with E-state index in [0.29, 0.717) is 24.5 Å². The zero-order valence-electron chi connectivity index (χ0n) is 17.2. The number of aliphatic hydroxyl groups excluding tert-OH is 1. The van der Waals surface area contributed by atoms with Crippen molar-refractivity contribution >= 4 is 28.9 Å². The highest BCUT2D eigenvalue weighted by Crippen LogP contribution is 2.28. The van der Waals surface area contributed by atoms with Gasteiger partial charge in [-0.05, 0) is 31.5 Å². The van der Waals surface area contributed by atoms with E-state index in [2.05, 4.69) is 26.0 Å². The van der Waals surface area contributed by atoms with Gasteiger partial charge >= 0.3 is 0 Å². The van der Waals surface area contributed by atoms with Crippen molar-refractivity contribution in [3.05, 3.63) is 59.2 Å². The smallest absolute Gasteiger partial charge is 0.253 e. The summed E-state index contributed by atoms with van der Waals surface area (Å²) in [6.07, 6.45) is 2.12. The maximum Gasteiger partial charge on any atom is 0.253 e. The summed E-state index contributed by atoms with van der Waals surface area (Å²) in [7, 11) is 1.50. The molecule has 8 nitrogen and oxygen atoms in total. The number of anilines is 4. The van der Waals surface area contributed by atoms with Crippen molar-refractivity contribution in [3.8, 4) is 0 Å². The molecule has 0 fully saturated rings. The minimum atomic E-state index is -0.528. The molecule has 0 radical (unpaired) electrons. The van der Waals surface area contributed by atoms with E-state index in [4.69, 9.17) is 5.11 Å². The summed E-state index contributed by atoms with van der Waals surface area (Å²) in [4.78, 5) is 16.5. The van der Waals surface area contributed by atoms with Gasteiger partial charge in [0.1, 0.15) is 17.5 Å². The Hall–Kier alpha value is -3.46. The van der Waals surface area contributed by atoms with Gasteiger partial charge in [-0.1, -0.05) is 6.07 Å². The van der Waals surface area contributed by atoms with Gasteiger partial charge in [0.15, 0.2) is 0 Å². The fourth-order valence-electron chi connectivity index (χ4n) is 3.02. The van der Waals surface area contributed by atoms with Crippen molar-refractivity contribution in [3.63, 3.8) is 0 Å². The predicted octanol–water partition coefficient (Wildman–Crippen LogP) is 3.13. The van der Waals surface area contributed by atoms with E-state index in [9.17, 15) is 9.18 Å². The van der Waals surface area contributed by atoms with E-state index in [1.165, 1.54) is 19.2 Å². The van der Waals surface area contributed by atoms with E-state index in [1.807, 2.05) is 19.9 Å². The number of hydrogen-bond acceptors (Lipinski definition) is 6. The van der Waals surface area contributed by atoms with E-state index in [1.54, 1.807) is 23.0 Å². The Kier molecular flexibility index (Phi) is 6.63. The molecule has 0 aliphatic carbocycles. The quantitative estimate of drug-likeness (QED) is 0.453. The van der Waals surface area contributed by atoms with Gasteiger partial charge in [0.25, 0.3) is 5.91 Å². The zero-order valence-corrected chi connectivity index (χ0v) is 17.2. The highest BCUT2D eigenvalue weighted by molar-refractivity contribution is 6.00. The van der Waals surface area contributed by atoms with Crippen molar-refractivity contribution in [2.45, 2.75) is 26.8 Å². The van der Waals surface area contributed by atoms with Crippen LogP contribution >= 0.6 is 0 Å². The van der Waals surface area contributed by atoms with Crippen molar-refractivity contribution in [2.75, 3.05) is 24.3 Å². The van der Waals surface area contributed by atoms with Crippen molar-refractivity contribution in [1.29, 1.82) is 0 Å². The molecular weight excluding hydrogens is 387 g/mol. The highest BCUT2D eigenvalue weighted by atomic mass is 19.1. The summed E-state index contributed by atoms with van der Waals surface area (Å²) in [5, 5.41) is 22.3. The molecule has 0 atom stereocenters. The molecule has 1 amide bonds. The fourth-order valence-corrected chi connectivity index (χ4v) is 3.02. The number of aromatic nitrogens is 3. The first-order chi connectivity index (χ1) is 14.5. The van der Waals surface area contributed by atoms with Crippen LogP contribution in [0.25, 0.3) is 0 Å². The molecule has 1 aromatic carbocycles. The first-order valence-electron chi connectivity index (χ1n) is 9.65. The minimum Gasteiger partial charge on any atom is -0.396 e. The average molecular weight is 412 g/mol. The number of amides is 1. The molecule has 0 saturated heterocycles. The normalized spacial score (nSPS) is 10.7. The number of hydrogen-bond donors (Lipinski definition) is 4. The number of carbonyl (C=O) groups excluding carboxylic acids is 1. The van der Waals surface area contributed by atoms with E-state index in [-0.39, 0.29) is 23.8 Å². The Morgan fingerprint density at radius 2 is 2.07 bits per heavy atom. The molecule has 0 aliphatic heterocycles. The Balaban J connectivity index is 1.92. The van der Waals surface area contributed by atoms with Crippen LogP contribution in [0.5, 0.6) is 0 Å². The Bertz CT molecular complexity index is 1050. The second kappa shape index (κ2) is 9.36. The van der Waals surface area contributed by atoms with Crippen LogP contribution in [0.3, 0.4) is 0 Å². The fraction of sp³-hybridized carbons (Fsp3) is 0.286. The van der Waals surface area contributed by atoms with Crippen LogP contribution in [-0.2, 0) is 13.0 Å². The predicted molar refractivity (Wildman–Crippen MR) is 114 cm³/mol. The first kappa shape index (κ1) is 21.3. The lowest BCUT2D eigenvalue weighted by Gasteiger charge is -2.15. The average Bonchev–Trinajstić information content (AvgIpc) is 3.12.